The zero-order valence-electron chi connectivity index (χ0n) is 11.9. The van der Waals surface area contributed by atoms with Crippen molar-refractivity contribution in [1.82, 2.24) is 5.32 Å². The van der Waals surface area contributed by atoms with Crippen LogP contribution in [0, 0.1) is 6.92 Å². The highest BCUT2D eigenvalue weighted by atomic mass is 79.9. The van der Waals surface area contributed by atoms with Crippen LogP contribution in [-0.4, -0.2) is 26.8 Å². The molecule has 0 radical (unpaired) electrons. The molecule has 2 rings (SSSR count). The van der Waals surface area contributed by atoms with Gasteiger partial charge in [-0.1, -0.05) is 6.42 Å². The van der Waals surface area contributed by atoms with Gasteiger partial charge < -0.3 is 14.8 Å². The number of rotatable bonds is 4. The van der Waals surface area contributed by atoms with Gasteiger partial charge >= 0.3 is 0 Å². The van der Waals surface area contributed by atoms with Crippen LogP contribution < -0.4 is 14.8 Å². The van der Waals surface area contributed by atoms with E-state index in [9.17, 15) is 0 Å². The Labute approximate surface area is 123 Å². The zero-order valence-corrected chi connectivity index (χ0v) is 13.5. The number of nitrogens with one attached hydrogen (secondary N) is 1. The molecule has 0 aromatic heterocycles. The molecule has 1 aliphatic heterocycles. The first kappa shape index (κ1) is 14.7. The summed E-state index contributed by atoms with van der Waals surface area (Å²) in [7, 11) is 3.40. The highest BCUT2D eigenvalue weighted by Gasteiger charge is 2.20. The molecule has 0 saturated carbocycles. The van der Waals surface area contributed by atoms with Crippen LogP contribution in [0.15, 0.2) is 10.5 Å². The SMILES string of the molecule is COc1c(C)cc(CC2CCCCN2)c(OC)c1Br. The fourth-order valence-electron chi connectivity index (χ4n) is 2.80. The fourth-order valence-corrected chi connectivity index (χ4v) is 3.69. The van der Waals surface area contributed by atoms with E-state index in [2.05, 4.69) is 34.2 Å². The summed E-state index contributed by atoms with van der Waals surface area (Å²) in [5, 5.41) is 3.58. The summed E-state index contributed by atoms with van der Waals surface area (Å²) in [5.74, 6) is 1.76. The molecular formula is C15H22BrNO2. The minimum absolute atomic E-state index is 0.558. The molecule has 0 spiro atoms. The summed E-state index contributed by atoms with van der Waals surface area (Å²) in [5.41, 5.74) is 2.38. The molecule has 0 aliphatic carbocycles. The maximum atomic E-state index is 5.56. The quantitative estimate of drug-likeness (QED) is 0.918. The molecule has 1 saturated heterocycles. The third kappa shape index (κ3) is 3.23. The van der Waals surface area contributed by atoms with Crippen molar-refractivity contribution in [3.05, 3.63) is 21.7 Å². The Bertz CT molecular complexity index is 442. The molecule has 3 nitrogen and oxygen atoms in total. The van der Waals surface area contributed by atoms with E-state index in [0.717, 1.165) is 34.5 Å². The molecule has 106 valence electrons. The van der Waals surface area contributed by atoms with Crippen LogP contribution in [0.5, 0.6) is 11.5 Å². The van der Waals surface area contributed by atoms with E-state index < -0.39 is 0 Å². The highest BCUT2D eigenvalue weighted by Crippen LogP contribution is 2.40. The summed E-state index contributed by atoms with van der Waals surface area (Å²) in [6.07, 6.45) is 4.85. The molecule has 1 N–H and O–H groups in total. The lowest BCUT2D eigenvalue weighted by molar-refractivity contribution is 0.371. The van der Waals surface area contributed by atoms with Gasteiger partial charge in [0.2, 0.25) is 0 Å². The van der Waals surface area contributed by atoms with Crippen LogP contribution in [-0.2, 0) is 6.42 Å². The van der Waals surface area contributed by atoms with Gasteiger partial charge in [-0.05, 0) is 65.9 Å². The Hall–Kier alpha value is -0.740. The van der Waals surface area contributed by atoms with Crippen LogP contribution in [0.4, 0.5) is 0 Å². The van der Waals surface area contributed by atoms with E-state index in [1.807, 2.05) is 0 Å². The Morgan fingerprint density at radius 1 is 1.26 bits per heavy atom. The maximum Gasteiger partial charge on any atom is 0.140 e. The van der Waals surface area contributed by atoms with Gasteiger partial charge in [0.25, 0.3) is 0 Å². The molecule has 4 heteroatoms. The molecule has 1 aliphatic rings. The first-order valence-corrected chi connectivity index (χ1v) is 7.60. The van der Waals surface area contributed by atoms with Crippen molar-refractivity contribution in [3.8, 4) is 11.5 Å². The first-order chi connectivity index (χ1) is 9.17. The summed E-state index contributed by atoms with van der Waals surface area (Å²) in [6.45, 7) is 3.20. The van der Waals surface area contributed by atoms with Crippen molar-refractivity contribution >= 4 is 15.9 Å². The number of benzene rings is 1. The smallest absolute Gasteiger partial charge is 0.140 e. The summed E-state index contributed by atoms with van der Waals surface area (Å²) < 4.78 is 11.9. The summed E-state index contributed by atoms with van der Waals surface area (Å²) in [4.78, 5) is 0. The monoisotopic (exact) mass is 327 g/mol. The maximum absolute atomic E-state index is 5.56. The lowest BCUT2D eigenvalue weighted by atomic mass is 9.96. The number of hydrogen-bond donors (Lipinski definition) is 1. The third-order valence-electron chi connectivity index (χ3n) is 3.73. The average molecular weight is 328 g/mol. The van der Waals surface area contributed by atoms with Crippen molar-refractivity contribution in [1.29, 1.82) is 0 Å². The van der Waals surface area contributed by atoms with Crippen molar-refractivity contribution < 1.29 is 9.47 Å². The molecule has 1 aromatic rings. The highest BCUT2D eigenvalue weighted by molar-refractivity contribution is 9.10. The average Bonchev–Trinajstić information content (AvgIpc) is 2.40. The number of halogens is 1. The van der Waals surface area contributed by atoms with Crippen molar-refractivity contribution in [2.24, 2.45) is 0 Å². The van der Waals surface area contributed by atoms with Crippen LogP contribution >= 0.6 is 15.9 Å². The van der Waals surface area contributed by atoms with Gasteiger partial charge in [-0.25, -0.2) is 0 Å². The van der Waals surface area contributed by atoms with Gasteiger partial charge in [0.15, 0.2) is 0 Å². The Morgan fingerprint density at radius 2 is 2.00 bits per heavy atom. The molecule has 1 heterocycles. The van der Waals surface area contributed by atoms with Gasteiger partial charge in [0.1, 0.15) is 16.0 Å². The number of hydrogen-bond acceptors (Lipinski definition) is 3. The van der Waals surface area contributed by atoms with Crippen molar-refractivity contribution in [2.45, 2.75) is 38.6 Å². The van der Waals surface area contributed by atoms with Gasteiger partial charge in [0.05, 0.1) is 14.2 Å². The van der Waals surface area contributed by atoms with Crippen molar-refractivity contribution in [2.75, 3.05) is 20.8 Å². The van der Waals surface area contributed by atoms with Crippen LogP contribution in [0.2, 0.25) is 0 Å². The Balaban J connectivity index is 2.28. The topological polar surface area (TPSA) is 30.5 Å². The van der Waals surface area contributed by atoms with Gasteiger partial charge in [-0.15, -0.1) is 0 Å². The van der Waals surface area contributed by atoms with E-state index >= 15 is 0 Å². The van der Waals surface area contributed by atoms with Crippen molar-refractivity contribution in [3.63, 3.8) is 0 Å². The van der Waals surface area contributed by atoms with Gasteiger partial charge in [-0.2, -0.15) is 0 Å². The second-order valence-corrected chi connectivity index (χ2v) is 5.88. The largest absolute Gasteiger partial charge is 0.495 e. The van der Waals surface area contributed by atoms with Crippen LogP contribution in [0.1, 0.15) is 30.4 Å². The summed E-state index contributed by atoms with van der Waals surface area (Å²) >= 11 is 3.60. The molecule has 0 bridgehead atoms. The minimum atomic E-state index is 0.558. The second kappa shape index (κ2) is 6.62. The number of piperidine rings is 1. The molecule has 1 atom stereocenters. The fraction of sp³-hybridized carbons (Fsp3) is 0.600. The Morgan fingerprint density at radius 3 is 2.58 bits per heavy atom. The van der Waals surface area contributed by atoms with E-state index in [1.54, 1.807) is 14.2 Å². The lowest BCUT2D eigenvalue weighted by Gasteiger charge is -2.25. The predicted octanol–water partition coefficient (Wildman–Crippen LogP) is 3.46. The van der Waals surface area contributed by atoms with Gasteiger partial charge in [-0.3, -0.25) is 0 Å². The molecule has 0 amide bonds. The van der Waals surface area contributed by atoms with Crippen LogP contribution in [0.3, 0.4) is 0 Å². The van der Waals surface area contributed by atoms with E-state index in [-0.39, 0.29) is 0 Å². The molecule has 19 heavy (non-hydrogen) atoms. The summed E-state index contributed by atoms with van der Waals surface area (Å²) in [6, 6.07) is 2.74. The van der Waals surface area contributed by atoms with E-state index in [4.69, 9.17) is 9.47 Å². The Kier molecular flexibility index (Phi) is 5.11. The zero-order chi connectivity index (χ0) is 13.8. The number of aryl methyl sites for hydroxylation is 1. The van der Waals surface area contributed by atoms with E-state index in [0.29, 0.717) is 6.04 Å². The molecule has 1 fully saturated rings. The molecular weight excluding hydrogens is 306 g/mol. The minimum Gasteiger partial charge on any atom is -0.495 e. The van der Waals surface area contributed by atoms with Gasteiger partial charge in [0, 0.05) is 6.04 Å². The second-order valence-electron chi connectivity index (χ2n) is 5.08. The standard InChI is InChI=1S/C15H22BrNO2/c1-10-8-11(9-12-6-4-5-7-17-12)15(19-3)13(16)14(10)18-2/h8,12,17H,4-7,9H2,1-3H3. The first-order valence-electron chi connectivity index (χ1n) is 6.80. The van der Waals surface area contributed by atoms with E-state index in [1.165, 1.54) is 24.8 Å². The molecule has 1 aromatic carbocycles. The number of methoxy groups -OCH3 is 2. The predicted molar refractivity (Wildman–Crippen MR) is 81.3 cm³/mol. The lowest BCUT2D eigenvalue weighted by Crippen LogP contribution is -2.35. The normalized spacial score (nSPS) is 19.3. The number of ether oxygens (including phenoxy) is 2. The van der Waals surface area contributed by atoms with Crippen LogP contribution in [0.25, 0.3) is 0 Å². The molecule has 1 unspecified atom stereocenters. The third-order valence-corrected chi connectivity index (χ3v) is 4.45.